The number of anilines is 1. The van der Waals surface area contributed by atoms with Crippen molar-refractivity contribution in [3.05, 3.63) is 95.1 Å². The minimum atomic E-state index is -0.978. The molecule has 1 amide bonds. The van der Waals surface area contributed by atoms with Crippen molar-refractivity contribution < 1.29 is 22.4 Å². The zero-order valence-electron chi connectivity index (χ0n) is 22.9. The van der Waals surface area contributed by atoms with Gasteiger partial charge < -0.3 is 9.80 Å². The number of carbonyl (C=O) groups is 1. The number of likely N-dealkylation sites (tertiary alicyclic amines) is 1. The number of tetrazole rings is 1. The zero-order valence-corrected chi connectivity index (χ0v) is 22.9. The number of piperazine rings is 1. The minimum Gasteiger partial charge on any atom is -0.367 e. The first-order chi connectivity index (χ1) is 20.8. The third kappa shape index (κ3) is 5.78. The van der Waals surface area contributed by atoms with Crippen LogP contribution in [0.25, 0.3) is 11.4 Å². The minimum absolute atomic E-state index is 0.00670. The number of amides is 1. The van der Waals surface area contributed by atoms with E-state index in [1.807, 2.05) is 23.1 Å². The number of nitrogens with zero attached hydrogens (tertiary/aromatic N) is 8. The Morgan fingerprint density at radius 2 is 1.72 bits per heavy atom. The van der Waals surface area contributed by atoms with Gasteiger partial charge in [0.25, 0.3) is 0 Å². The summed E-state index contributed by atoms with van der Waals surface area (Å²) in [6.07, 6.45) is 0.307. The average Bonchev–Trinajstić information content (AvgIpc) is 3.66. The van der Waals surface area contributed by atoms with Crippen molar-refractivity contribution in [2.75, 3.05) is 37.6 Å². The number of aromatic nitrogens is 4. The first kappa shape index (κ1) is 28.3. The number of para-hydroxylation sites is 1. The van der Waals surface area contributed by atoms with Crippen LogP contribution in [0.3, 0.4) is 0 Å². The van der Waals surface area contributed by atoms with Crippen molar-refractivity contribution in [2.24, 2.45) is 0 Å². The molecule has 2 aliphatic heterocycles. The van der Waals surface area contributed by atoms with Crippen LogP contribution in [0.1, 0.15) is 23.6 Å². The maximum atomic E-state index is 14.3. The highest BCUT2D eigenvalue weighted by Crippen LogP contribution is 2.31. The highest BCUT2D eigenvalue weighted by Gasteiger charge is 2.41. The SMILES string of the molecule is N#Cc1ccccc1N1CCN(C(=O)[C@@H]2C[C@H](n3nnc(-c4ccc(F)cc4F)n3)CN2Cc2ccc(F)c(F)c2)CC1. The van der Waals surface area contributed by atoms with Crippen molar-refractivity contribution in [3.63, 3.8) is 0 Å². The van der Waals surface area contributed by atoms with E-state index in [0.717, 1.165) is 30.0 Å². The van der Waals surface area contributed by atoms with Gasteiger partial charge in [-0.05, 0) is 53.6 Å². The second kappa shape index (κ2) is 11.8. The predicted molar refractivity (Wildman–Crippen MR) is 147 cm³/mol. The molecule has 13 heteroatoms. The van der Waals surface area contributed by atoms with Gasteiger partial charge in [0.15, 0.2) is 11.6 Å². The summed E-state index contributed by atoms with van der Waals surface area (Å²) in [4.78, 5) is 20.9. The summed E-state index contributed by atoms with van der Waals surface area (Å²) in [6.45, 7) is 2.44. The lowest BCUT2D eigenvalue weighted by molar-refractivity contribution is -0.136. The molecule has 2 aliphatic rings. The van der Waals surface area contributed by atoms with Crippen LogP contribution in [0.2, 0.25) is 0 Å². The molecule has 2 atom stereocenters. The molecule has 0 saturated carbocycles. The van der Waals surface area contributed by atoms with Gasteiger partial charge in [-0.2, -0.15) is 10.1 Å². The molecule has 0 spiro atoms. The van der Waals surface area contributed by atoms with E-state index in [9.17, 15) is 27.6 Å². The molecule has 0 N–H and O–H groups in total. The van der Waals surface area contributed by atoms with Gasteiger partial charge in [0, 0.05) is 45.3 Å². The Bertz CT molecular complexity index is 1700. The number of nitriles is 1. The number of benzene rings is 3. The normalized spacial score (nSPS) is 19.0. The summed E-state index contributed by atoms with van der Waals surface area (Å²) in [7, 11) is 0. The van der Waals surface area contributed by atoms with Crippen LogP contribution in [0.4, 0.5) is 23.2 Å². The van der Waals surface area contributed by atoms with Crippen LogP contribution < -0.4 is 4.90 Å². The van der Waals surface area contributed by atoms with E-state index in [-0.39, 0.29) is 23.8 Å². The fourth-order valence-corrected chi connectivity index (χ4v) is 5.73. The van der Waals surface area contributed by atoms with E-state index in [1.54, 1.807) is 11.0 Å². The molecule has 9 nitrogen and oxygen atoms in total. The van der Waals surface area contributed by atoms with Crippen molar-refractivity contribution in [1.29, 1.82) is 5.26 Å². The monoisotopic (exact) mass is 590 g/mol. The Kier molecular flexibility index (Phi) is 7.77. The fraction of sp³-hybridized carbons (Fsp3) is 0.300. The molecular weight excluding hydrogens is 564 g/mol. The van der Waals surface area contributed by atoms with Crippen LogP contribution in [0.5, 0.6) is 0 Å². The van der Waals surface area contributed by atoms with E-state index in [4.69, 9.17) is 0 Å². The van der Waals surface area contributed by atoms with Gasteiger partial charge in [0.1, 0.15) is 17.7 Å². The van der Waals surface area contributed by atoms with Crippen molar-refractivity contribution in [3.8, 4) is 17.5 Å². The summed E-state index contributed by atoms with van der Waals surface area (Å²) in [6, 6.07) is 15.2. The average molecular weight is 591 g/mol. The van der Waals surface area contributed by atoms with Gasteiger partial charge >= 0.3 is 0 Å². The van der Waals surface area contributed by atoms with E-state index in [0.29, 0.717) is 50.3 Å². The summed E-state index contributed by atoms with van der Waals surface area (Å²) >= 11 is 0. The first-order valence-corrected chi connectivity index (χ1v) is 13.8. The Labute approximate surface area is 244 Å². The third-order valence-electron chi connectivity index (χ3n) is 7.92. The van der Waals surface area contributed by atoms with Crippen molar-refractivity contribution in [1.82, 2.24) is 30.0 Å². The van der Waals surface area contributed by atoms with E-state index < -0.39 is 35.4 Å². The maximum absolute atomic E-state index is 14.3. The largest absolute Gasteiger partial charge is 0.367 e. The van der Waals surface area contributed by atoms with Gasteiger partial charge in [-0.3, -0.25) is 9.69 Å². The lowest BCUT2D eigenvalue weighted by atomic mass is 10.1. The molecule has 2 saturated heterocycles. The number of rotatable bonds is 6. The van der Waals surface area contributed by atoms with Crippen LogP contribution in [0, 0.1) is 34.6 Å². The van der Waals surface area contributed by atoms with Crippen LogP contribution >= 0.6 is 0 Å². The molecule has 2 fully saturated rings. The van der Waals surface area contributed by atoms with Crippen molar-refractivity contribution in [2.45, 2.75) is 25.0 Å². The zero-order chi connectivity index (χ0) is 30.1. The molecule has 3 aromatic carbocycles. The quantitative estimate of drug-likeness (QED) is 0.314. The molecule has 220 valence electrons. The second-order valence-corrected chi connectivity index (χ2v) is 10.6. The topological polar surface area (TPSA) is 94.2 Å². The van der Waals surface area contributed by atoms with E-state index in [1.165, 1.54) is 16.9 Å². The summed E-state index contributed by atoms with van der Waals surface area (Å²) in [5.74, 6) is -3.63. The highest BCUT2D eigenvalue weighted by atomic mass is 19.2. The summed E-state index contributed by atoms with van der Waals surface area (Å²) < 4.78 is 55.3. The Morgan fingerprint density at radius 3 is 2.47 bits per heavy atom. The van der Waals surface area contributed by atoms with E-state index in [2.05, 4.69) is 26.4 Å². The Balaban J connectivity index is 1.21. The maximum Gasteiger partial charge on any atom is 0.240 e. The summed E-state index contributed by atoms with van der Waals surface area (Å²) in [5, 5.41) is 21.8. The molecule has 43 heavy (non-hydrogen) atoms. The number of carbonyl (C=O) groups excluding carboxylic acids is 1. The first-order valence-electron chi connectivity index (χ1n) is 13.8. The highest BCUT2D eigenvalue weighted by molar-refractivity contribution is 5.82. The lowest BCUT2D eigenvalue weighted by Crippen LogP contribution is -2.53. The molecule has 0 radical (unpaired) electrons. The Morgan fingerprint density at radius 1 is 0.930 bits per heavy atom. The lowest BCUT2D eigenvalue weighted by Gasteiger charge is -2.38. The van der Waals surface area contributed by atoms with Gasteiger partial charge in [0.2, 0.25) is 11.7 Å². The molecule has 4 aromatic rings. The van der Waals surface area contributed by atoms with Gasteiger partial charge in [-0.15, -0.1) is 10.2 Å². The number of halogens is 4. The smallest absolute Gasteiger partial charge is 0.240 e. The fourth-order valence-electron chi connectivity index (χ4n) is 5.73. The predicted octanol–water partition coefficient (Wildman–Crippen LogP) is 3.93. The van der Waals surface area contributed by atoms with Gasteiger partial charge in [-0.25, -0.2) is 17.6 Å². The molecule has 0 bridgehead atoms. The van der Waals surface area contributed by atoms with E-state index >= 15 is 0 Å². The van der Waals surface area contributed by atoms with Crippen LogP contribution in [-0.2, 0) is 11.3 Å². The van der Waals surface area contributed by atoms with Crippen molar-refractivity contribution >= 4 is 11.6 Å². The molecule has 3 heterocycles. The number of hydrogen-bond donors (Lipinski definition) is 0. The Hall–Kier alpha value is -4.83. The van der Waals surface area contributed by atoms with Crippen LogP contribution in [0.15, 0.2) is 60.7 Å². The van der Waals surface area contributed by atoms with Gasteiger partial charge in [-0.1, -0.05) is 18.2 Å². The molecule has 6 rings (SSSR count). The molecule has 1 aromatic heterocycles. The second-order valence-electron chi connectivity index (χ2n) is 10.6. The number of hydrogen-bond acceptors (Lipinski definition) is 7. The third-order valence-corrected chi connectivity index (χ3v) is 7.92. The molecule has 0 unspecified atom stereocenters. The van der Waals surface area contributed by atoms with Crippen LogP contribution in [-0.4, -0.2) is 74.7 Å². The standard InChI is InChI=1S/C30H26F4N8O/c31-21-6-7-23(25(33)14-21)29-36-38-42(37-29)22-15-28(41(18-22)17-19-5-8-24(32)26(34)13-19)30(43)40-11-9-39(10-12-40)27-4-2-1-3-20(27)16-35/h1-8,13-14,22,28H,9-12,15,17-18H2/t22-,28-/m0/s1. The molecule has 0 aliphatic carbocycles. The summed E-state index contributed by atoms with van der Waals surface area (Å²) in [5.41, 5.74) is 1.88. The van der Waals surface area contributed by atoms with Gasteiger partial charge in [0.05, 0.1) is 28.9 Å². The molecular formula is C30H26F4N8O.